The van der Waals surface area contributed by atoms with Crippen molar-refractivity contribution in [2.45, 2.75) is 31.9 Å². The van der Waals surface area contributed by atoms with Crippen molar-refractivity contribution in [1.82, 2.24) is 15.2 Å². The maximum Gasteiger partial charge on any atom is 0.255 e. The van der Waals surface area contributed by atoms with Crippen molar-refractivity contribution in [2.24, 2.45) is 0 Å². The molecule has 1 aromatic carbocycles. The van der Waals surface area contributed by atoms with Gasteiger partial charge < -0.3 is 10.1 Å². The molecule has 176 valence electrons. The quantitative estimate of drug-likeness (QED) is 0.448. The molecular weight excluding hydrogens is 461 g/mol. The van der Waals surface area contributed by atoms with Crippen molar-refractivity contribution in [2.75, 3.05) is 26.2 Å². The molecule has 1 atom stereocenters. The van der Waals surface area contributed by atoms with Crippen molar-refractivity contribution in [1.29, 1.82) is 0 Å². The number of rotatable bonds is 10. The van der Waals surface area contributed by atoms with E-state index in [0.717, 1.165) is 41.4 Å². The number of benzene rings is 1. The number of likely N-dealkylation sites (tertiary alicyclic amines) is 1. The molecule has 0 saturated carbocycles. The molecule has 0 aliphatic carbocycles. The average molecular weight is 490 g/mol. The smallest absolute Gasteiger partial charge is 0.255 e. The zero-order chi connectivity index (χ0) is 23.8. The van der Waals surface area contributed by atoms with Crippen LogP contribution in [0.25, 0.3) is 0 Å². The number of hydrogen-bond donors (Lipinski definition) is 1. The number of ether oxygens (including phenoxy) is 1. The Morgan fingerprint density at radius 3 is 2.79 bits per heavy atom. The summed E-state index contributed by atoms with van der Waals surface area (Å²) in [5.41, 5.74) is 0.871. The molecule has 3 rings (SSSR count). The van der Waals surface area contributed by atoms with Gasteiger partial charge in [0.15, 0.2) is 0 Å². The van der Waals surface area contributed by atoms with Gasteiger partial charge in [-0.05, 0) is 37.5 Å². The van der Waals surface area contributed by atoms with Crippen LogP contribution in [0.1, 0.15) is 39.1 Å². The topological polar surface area (TPSA) is 54.5 Å². The van der Waals surface area contributed by atoms with E-state index in [1.54, 1.807) is 23.5 Å². The summed E-state index contributed by atoms with van der Waals surface area (Å²) in [6.45, 7) is 12.0. The van der Waals surface area contributed by atoms with Gasteiger partial charge in [0, 0.05) is 30.7 Å². The van der Waals surface area contributed by atoms with Crippen LogP contribution in [0.3, 0.4) is 0 Å². The first-order chi connectivity index (χ1) is 15.9. The standard InChI is InChI=1S/C25H29ClFN3O2S/c1-4-7-18(5-2)16-32-19-10-12-30(13-11-19)22(23-15-28-17(3)33-23)14-29-25(31)24-20(26)8-6-9-21(24)27/h4-9,15,19,22H,1-2,10-14,16H2,3H3,(H,29,31)/b18-7+. The summed E-state index contributed by atoms with van der Waals surface area (Å²) in [5.74, 6) is -1.15. The maximum atomic E-state index is 14.2. The lowest BCUT2D eigenvalue weighted by Crippen LogP contribution is -2.43. The molecule has 5 nitrogen and oxygen atoms in total. The van der Waals surface area contributed by atoms with Crippen molar-refractivity contribution in [3.8, 4) is 0 Å². The number of thiazole rings is 1. The molecule has 1 unspecified atom stereocenters. The van der Waals surface area contributed by atoms with Gasteiger partial charge >= 0.3 is 0 Å². The van der Waals surface area contributed by atoms with Gasteiger partial charge in [-0.15, -0.1) is 11.3 Å². The third-order valence-corrected chi connectivity index (χ3v) is 6.94. The number of amides is 1. The molecule has 8 heteroatoms. The van der Waals surface area contributed by atoms with Crippen LogP contribution in [-0.2, 0) is 4.74 Å². The number of nitrogens with zero attached hydrogens (tertiary/aromatic N) is 2. The van der Waals surface area contributed by atoms with E-state index in [0.29, 0.717) is 13.2 Å². The van der Waals surface area contributed by atoms with Crippen molar-refractivity contribution < 1.29 is 13.9 Å². The van der Waals surface area contributed by atoms with Crippen molar-refractivity contribution in [3.05, 3.63) is 87.6 Å². The summed E-state index contributed by atoms with van der Waals surface area (Å²) in [6.07, 6.45) is 9.17. The minimum atomic E-state index is -0.632. The molecule has 1 aliphatic heterocycles. The van der Waals surface area contributed by atoms with Gasteiger partial charge in [0.1, 0.15) is 5.82 Å². The summed E-state index contributed by atoms with van der Waals surface area (Å²) >= 11 is 7.66. The highest BCUT2D eigenvalue weighted by Gasteiger charge is 2.29. The Hall–Kier alpha value is -2.32. The Labute approximate surface area is 203 Å². The summed E-state index contributed by atoms with van der Waals surface area (Å²) < 4.78 is 20.2. The highest BCUT2D eigenvalue weighted by molar-refractivity contribution is 7.11. The fourth-order valence-electron chi connectivity index (χ4n) is 3.83. The predicted molar refractivity (Wildman–Crippen MR) is 132 cm³/mol. The van der Waals surface area contributed by atoms with Crippen LogP contribution in [0.15, 0.2) is 61.4 Å². The molecule has 1 saturated heterocycles. The van der Waals surface area contributed by atoms with Crippen LogP contribution < -0.4 is 5.32 Å². The lowest BCUT2D eigenvalue weighted by atomic mass is 10.0. The van der Waals surface area contributed by atoms with Crippen LogP contribution in [0, 0.1) is 12.7 Å². The average Bonchev–Trinajstić information content (AvgIpc) is 3.23. The van der Waals surface area contributed by atoms with Crippen LogP contribution in [-0.4, -0.2) is 48.1 Å². The molecule has 1 aromatic heterocycles. The van der Waals surface area contributed by atoms with Crippen LogP contribution >= 0.6 is 22.9 Å². The van der Waals surface area contributed by atoms with Gasteiger partial charge in [0.05, 0.1) is 34.3 Å². The largest absolute Gasteiger partial charge is 0.373 e. The Balaban J connectivity index is 1.64. The molecule has 0 radical (unpaired) electrons. The summed E-state index contributed by atoms with van der Waals surface area (Å²) in [5, 5.41) is 3.93. The number of aromatic nitrogens is 1. The fourth-order valence-corrected chi connectivity index (χ4v) is 5.00. The van der Waals surface area contributed by atoms with Gasteiger partial charge in [-0.1, -0.05) is 49.1 Å². The van der Waals surface area contributed by atoms with Gasteiger partial charge in [0.25, 0.3) is 5.91 Å². The van der Waals surface area contributed by atoms with Crippen LogP contribution in [0.4, 0.5) is 4.39 Å². The molecule has 0 spiro atoms. The summed E-state index contributed by atoms with van der Waals surface area (Å²) in [4.78, 5) is 20.5. The molecule has 0 bridgehead atoms. The zero-order valence-corrected chi connectivity index (χ0v) is 20.3. The Morgan fingerprint density at radius 1 is 1.42 bits per heavy atom. The minimum absolute atomic E-state index is 0.0592. The molecule has 2 heterocycles. The van der Waals surface area contributed by atoms with E-state index >= 15 is 0 Å². The predicted octanol–water partition coefficient (Wildman–Crippen LogP) is 5.49. The summed E-state index contributed by atoms with van der Waals surface area (Å²) in [7, 11) is 0. The molecule has 33 heavy (non-hydrogen) atoms. The van der Waals surface area contributed by atoms with Gasteiger partial charge in [0.2, 0.25) is 0 Å². The lowest BCUT2D eigenvalue weighted by molar-refractivity contribution is 0.00895. The highest BCUT2D eigenvalue weighted by atomic mass is 35.5. The van der Waals surface area contributed by atoms with Crippen LogP contribution in [0.2, 0.25) is 5.02 Å². The van der Waals surface area contributed by atoms with E-state index in [9.17, 15) is 9.18 Å². The van der Waals surface area contributed by atoms with E-state index in [1.165, 1.54) is 18.2 Å². The number of halogens is 2. The summed E-state index contributed by atoms with van der Waals surface area (Å²) in [6, 6.07) is 4.17. The number of carbonyl (C=O) groups is 1. The second-order valence-electron chi connectivity index (χ2n) is 7.83. The second kappa shape index (κ2) is 12.2. The number of nitrogens with one attached hydrogen (secondary N) is 1. The fraction of sp³-hybridized carbons (Fsp3) is 0.360. The van der Waals surface area contributed by atoms with E-state index in [4.69, 9.17) is 16.3 Å². The Kier molecular flexibility index (Phi) is 9.38. The first-order valence-corrected chi connectivity index (χ1v) is 12.1. The van der Waals surface area contributed by atoms with Gasteiger partial charge in [-0.3, -0.25) is 9.69 Å². The highest BCUT2D eigenvalue weighted by Crippen LogP contribution is 2.29. The third kappa shape index (κ3) is 6.84. The van der Waals surface area contributed by atoms with Crippen molar-refractivity contribution in [3.63, 3.8) is 0 Å². The maximum absolute atomic E-state index is 14.2. The van der Waals surface area contributed by atoms with E-state index in [1.807, 2.05) is 19.2 Å². The number of aryl methyl sites for hydroxylation is 1. The normalized spacial score (nSPS) is 16.4. The number of carbonyl (C=O) groups excluding carboxylic acids is 1. The van der Waals surface area contributed by atoms with E-state index < -0.39 is 11.7 Å². The monoisotopic (exact) mass is 489 g/mol. The zero-order valence-electron chi connectivity index (χ0n) is 18.7. The first-order valence-electron chi connectivity index (χ1n) is 10.9. The molecule has 2 aromatic rings. The second-order valence-corrected chi connectivity index (χ2v) is 9.51. The third-order valence-electron chi connectivity index (χ3n) is 5.61. The first kappa shape index (κ1) is 25.3. The van der Waals surface area contributed by atoms with Crippen molar-refractivity contribution >= 4 is 28.8 Å². The molecular formula is C25H29ClFN3O2S. The number of piperidine rings is 1. The molecule has 1 amide bonds. The van der Waals surface area contributed by atoms with E-state index in [-0.39, 0.29) is 22.7 Å². The lowest BCUT2D eigenvalue weighted by Gasteiger charge is -2.37. The Bertz CT molecular complexity index is 995. The van der Waals surface area contributed by atoms with E-state index in [2.05, 4.69) is 28.4 Å². The molecule has 1 fully saturated rings. The molecule has 1 N–H and O–H groups in total. The SMILES string of the molecule is C=C/C=C(\C=C)COC1CCN(C(CNC(=O)c2c(F)cccc2Cl)c2cnc(C)s2)CC1. The number of hydrogen-bond acceptors (Lipinski definition) is 5. The Morgan fingerprint density at radius 2 is 2.18 bits per heavy atom. The van der Waals surface area contributed by atoms with Crippen LogP contribution in [0.5, 0.6) is 0 Å². The minimum Gasteiger partial charge on any atom is -0.373 e. The van der Waals surface area contributed by atoms with Gasteiger partial charge in [-0.2, -0.15) is 0 Å². The number of allylic oxidation sites excluding steroid dienone is 2. The molecule has 1 aliphatic rings. The van der Waals surface area contributed by atoms with Gasteiger partial charge in [-0.25, -0.2) is 9.37 Å².